The molecule has 3 aromatic rings. The van der Waals surface area contributed by atoms with Gasteiger partial charge in [0.2, 0.25) is 0 Å². The second kappa shape index (κ2) is 5.75. The number of hydrogen-bond acceptors (Lipinski definition) is 4. The van der Waals surface area contributed by atoms with E-state index in [1.54, 1.807) is 12.5 Å². The molecule has 0 radical (unpaired) electrons. The lowest BCUT2D eigenvalue weighted by atomic mass is 10.1. The van der Waals surface area contributed by atoms with E-state index in [-0.39, 0.29) is 0 Å². The van der Waals surface area contributed by atoms with Crippen LogP contribution in [0.2, 0.25) is 5.15 Å². The van der Waals surface area contributed by atoms with Crippen molar-refractivity contribution in [2.24, 2.45) is 0 Å². The Kier molecular flexibility index (Phi) is 3.65. The zero-order chi connectivity index (χ0) is 13.8. The van der Waals surface area contributed by atoms with E-state index in [1.165, 1.54) is 0 Å². The summed E-state index contributed by atoms with van der Waals surface area (Å²) in [7, 11) is 0. The number of ether oxygens (including phenoxy) is 1. The highest BCUT2D eigenvalue weighted by Crippen LogP contribution is 2.22. The molecule has 2 aromatic heterocycles. The van der Waals surface area contributed by atoms with Crippen LogP contribution in [0.1, 0.15) is 5.56 Å². The lowest BCUT2D eigenvalue weighted by Gasteiger charge is -2.07. The van der Waals surface area contributed by atoms with Gasteiger partial charge in [-0.3, -0.25) is 0 Å². The second-order valence-corrected chi connectivity index (χ2v) is 4.51. The fourth-order valence-corrected chi connectivity index (χ4v) is 1.95. The molecule has 0 atom stereocenters. The SMILES string of the molecule is Clc1ncccc1COc1ccc(-c2ccon2)cc1. The van der Waals surface area contributed by atoms with Gasteiger partial charge in [-0.05, 0) is 30.3 Å². The molecule has 0 unspecified atom stereocenters. The van der Waals surface area contributed by atoms with Gasteiger partial charge in [-0.1, -0.05) is 22.8 Å². The number of halogens is 1. The molecule has 1 aromatic carbocycles. The number of hydrogen-bond donors (Lipinski definition) is 0. The summed E-state index contributed by atoms with van der Waals surface area (Å²) in [4.78, 5) is 4.01. The van der Waals surface area contributed by atoms with Crippen molar-refractivity contribution in [3.8, 4) is 17.0 Å². The highest BCUT2D eigenvalue weighted by molar-refractivity contribution is 6.30. The van der Waals surface area contributed by atoms with Crippen molar-refractivity contribution in [2.45, 2.75) is 6.61 Å². The molecule has 0 aliphatic rings. The van der Waals surface area contributed by atoms with E-state index in [2.05, 4.69) is 10.1 Å². The maximum absolute atomic E-state index is 5.97. The molecule has 0 fully saturated rings. The van der Waals surface area contributed by atoms with Crippen molar-refractivity contribution in [3.63, 3.8) is 0 Å². The Morgan fingerprint density at radius 1 is 1.10 bits per heavy atom. The van der Waals surface area contributed by atoms with Crippen LogP contribution in [-0.4, -0.2) is 10.1 Å². The monoisotopic (exact) mass is 286 g/mol. The van der Waals surface area contributed by atoms with Crippen LogP contribution in [0.4, 0.5) is 0 Å². The first-order valence-corrected chi connectivity index (χ1v) is 6.44. The predicted molar refractivity (Wildman–Crippen MR) is 75.5 cm³/mol. The molecule has 0 aliphatic carbocycles. The van der Waals surface area contributed by atoms with Crippen LogP contribution in [0.25, 0.3) is 11.3 Å². The smallest absolute Gasteiger partial charge is 0.135 e. The van der Waals surface area contributed by atoms with E-state index in [0.29, 0.717) is 11.8 Å². The highest BCUT2D eigenvalue weighted by atomic mass is 35.5. The van der Waals surface area contributed by atoms with Gasteiger partial charge in [0.15, 0.2) is 0 Å². The van der Waals surface area contributed by atoms with Crippen LogP contribution in [0.15, 0.2) is 59.4 Å². The number of benzene rings is 1. The molecule has 2 heterocycles. The van der Waals surface area contributed by atoms with Crippen molar-refractivity contribution >= 4 is 11.6 Å². The first-order valence-electron chi connectivity index (χ1n) is 6.06. The molecule has 0 aliphatic heterocycles. The number of pyridine rings is 1. The van der Waals surface area contributed by atoms with Crippen molar-refractivity contribution in [3.05, 3.63) is 65.6 Å². The minimum absolute atomic E-state index is 0.385. The van der Waals surface area contributed by atoms with Gasteiger partial charge >= 0.3 is 0 Å². The highest BCUT2D eigenvalue weighted by Gasteiger charge is 2.03. The second-order valence-electron chi connectivity index (χ2n) is 4.15. The predicted octanol–water partition coefficient (Wildman–Crippen LogP) is 3.97. The lowest BCUT2D eigenvalue weighted by Crippen LogP contribution is -1.97. The first-order chi connectivity index (χ1) is 9.83. The van der Waals surface area contributed by atoms with E-state index in [9.17, 15) is 0 Å². The Morgan fingerprint density at radius 2 is 1.95 bits per heavy atom. The van der Waals surface area contributed by atoms with Gasteiger partial charge in [0.1, 0.15) is 29.5 Å². The summed E-state index contributed by atoms with van der Waals surface area (Å²) in [5.41, 5.74) is 2.63. The lowest BCUT2D eigenvalue weighted by molar-refractivity contribution is 0.306. The molecule has 0 saturated heterocycles. The maximum atomic E-state index is 5.97. The molecule has 0 N–H and O–H groups in total. The largest absolute Gasteiger partial charge is 0.489 e. The Balaban J connectivity index is 1.68. The molecule has 5 heteroatoms. The maximum Gasteiger partial charge on any atom is 0.135 e. The van der Waals surface area contributed by atoms with Crippen LogP contribution in [-0.2, 0) is 6.61 Å². The van der Waals surface area contributed by atoms with Crippen LogP contribution < -0.4 is 4.74 Å². The average molecular weight is 287 g/mol. The summed E-state index contributed by atoms with van der Waals surface area (Å²) in [5.74, 6) is 0.761. The first kappa shape index (κ1) is 12.7. The number of rotatable bonds is 4. The van der Waals surface area contributed by atoms with Gasteiger partial charge in [-0.15, -0.1) is 0 Å². The number of aromatic nitrogens is 2. The molecule has 0 amide bonds. The summed E-state index contributed by atoms with van der Waals surface area (Å²) in [6, 6.07) is 13.2. The van der Waals surface area contributed by atoms with Gasteiger partial charge in [-0.25, -0.2) is 4.98 Å². The van der Waals surface area contributed by atoms with Crippen molar-refractivity contribution in [2.75, 3.05) is 0 Å². The summed E-state index contributed by atoms with van der Waals surface area (Å²) in [6.07, 6.45) is 3.20. The van der Waals surface area contributed by atoms with Crippen LogP contribution in [0, 0.1) is 0 Å². The zero-order valence-electron chi connectivity index (χ0n) is 10.5. The molecular weight excluding hydrogens is 276 g/mol. The summed E-state index contributed by atoms with van der Waals surface area (Å²) < 4.78 is 10.5. The summed E-state index contributed by atoms with van der Waals surface area (Å²) >= 11 is 5.97. The third kappa shape index (κ3) is 2.81. The third-order valence-corrected chi connectivity index (χ3v) is 3.16. The standard InChI is InChI=1S/C15H11ClN2O2/c16-15-12(2-1-8-17-15)10-19-13-5-3-11(4-6-13)14-7-9-20-18-14/h1-9H,10H2. The van der Waals surface area contributed by atoms with Gasteiger partial charge < -0.3 is 9.26 Å². The van der Waals surface area contributed by atoms with E-state index < -0.39 is 0 Å². The van der Waals surface area contributed by atoms with E-state index in [0.717, 1.165) is 22.6 Å². The molecule has 20 heavy (non-hydrogen) atoms. The fraction of sp³-hybridized carbons (Fsp3) is 0.0667. The molecule has 0 saturated carbocycles. The summed E-state index contributed by atoms with van der Waals surface area (Å²) in [5, 5.41) is 4.34. The van der Waals surface area contributed by atoms with E-state index in [4.69, 9.17) is 20.9 Å². The van der Waals surface area contributed by atoms with Crippen LogP contribution in [0.5, 0.6) is 5.75 Å². The van der Waals surface area contributed by atoms with E-state index >= 15 is 0 Å². The molecule has 0 spiro atoms. The Bertz CT molecular complexity index is 681. The molecule has 100 valence electrons. The van der Waals surface area contributed by atoms with Gasteiger partial charge in [0.25, 0.3) is 0 Å². The average Bonchev–Trinajstić information content (AvgIpc) is 3.01. The quantitative estimate of drug-likeness (QED) is 0.681. The Hall–Kier alpha value is -2.33. The zero-order valence-corrected chi connectivity index (χ0v) is 11.2. The van der Waals surface area contributed by atoms with Crippen LogP contribution in [0.3, 0.4) is 0 Å². The van der Waals surface area contributed by atoms with Crippen molar-refractivity contribution in [1.29, 1.82) is 0 Å². The topological polar surface area (TPSA) is 48.2 Å². The Labute approximate surface area is 121 Å². The molecule has 3 rings (SSSR count). The van der Waals surface area contributed by atoms with Crippen molar-refractivity contribution in [1.82, 2.24) is 10.1 Å². The van der Waals surface area contributed by atoms with Gasteiger partial charge in [0.05, 0.1) is 0 Å². The molecule has 0 bridgehead atoms. The van der Waals surface area contributed by atoms with Crippen LogP contribution >= 0.6 is 11.6 Å². The molecule has 4 nitrogen and oxygen atoms in total. The van der Waals surface area contributed by atoms with Gasteiger partial charge in [-0.2, -0.15) is 0 Å². The molecular formula is C15H11ClN2O2. The number of nitrogens with zero attached hydrogens (tertiary/aromatic N) is 2. The normalized spacial score (nSPS) is 10.4. The van der Waals surface area contributed by atoms with Gasteiger partial charge in [0, 0.05) is 23.4 Å². The van der Waals surface area contributed by atoms with Crippen molar-refractivity contribution < 1.29 is 9.26 Å². The van der Waals surface area contributed by atoms with E-state index in [1.807, 2.05) is 42.5 Å². The minimum Gasteiger partial charge on any atom is -0.489 e. The fourth-order valence-electron chi connectivity index (χ4n) is 1.77. The minimum atomic E-state index is 0.385. The Morgan fingerprint density at radius 3 is 2.65 bits per heavy atom. The third-order valence-electron chi connectivity index (χ3n) is 2.82. The summed E-state index contributed by atoms with van der Waals surface area (Å²) in [6.45, 7) is 0.385.